The molecule has 9 nitrogen and oxygen atoms in total. The summed E-state index contributed by atoms with van der Waals surface area (Å²) in [5.41, 5.74) is 2.49. The van der Waals surface area contributed by atoms with Gasteiger partial charge in [0.05, 0.1) is 11.2 Å². The highest BCUT2D eigenvalue weighted by molar-refractivity contribution is 7.92. The summed E-state index contributed by atoms with van der Waals surface area (Å²) in [6.07, 6.45) is 1.28. The van der Waals surface area contributed by atoms with Crippen LogP contribution in [-0.4, -0.2) is 67.5 Å². The normalized spacial score (nSPS) is 15.1. The van der Waals surface area contributed by atoms with Gasteiger partial charge in [-0.05, 0) is 54.3 Å². The Balaban J connectivity index is 1.50. The zero-order valence-electron chi connectivity index (χ0n) is 22.5. The van der Waals surface area contributed by atoms with Gasteiger partial charge in [0, 0.05) is 31.7 Å². The fourth-order valence-corrected chi connectivity index (χ4v) is 5.79. The monoisotopic (exact) mass is 551 g/mol. The number of amides is 3. The molecule has 1 aromatic heterocycles. The first kappa shape index (κ1) is 28.1. The van der Waals surface area contributed by atoms with E-state index in [1.807, 2.05) is 19.1 Å². The van der Waals surface area contributed by atoms with Crippen LogP contribution in [0.15, 0.2) is 76.2 Å². The third kappa shape index (κ3) is 6.22. The molecule has 1 fully saturated rings. The third-order valence-corrected chi connectivity index (χ3v) is 8.64. The highest BCUT2D eigenvalue weighted by atomic mass is 32.2. The molecule has 3 amide bonds. The second-order valence-corrected chi connectivity index (χ2v) is 12.7. The van der Waals surface area contributed by atoms with Crippen molar-refractivity contribution < 1.29 is 27.2 Å². The van der Waals surface area contributed by atoms with Gasteiger partial charge in [0.25, 0.3) is 17.7 Å². The van der Waals surface area contributed by atoms with Crippen LogP contribution >= 0.6 is 0 Å². The van der Waals surface area contributed by atoms with E-state index < -0.39 is 27.0 Å². The van der Waals surface area contributed by atoms with E-state index in [4.69, 9.17) is 4.42 Å². The van der Waals surface area contributed by atoms with Crippen molar-refractivity contribution in [3.63, 3.8) is 0 Å². The standard InChI is InChI=1S/C29H33N3O6S/c1-20-7-13-23(14-8-20)39(36,37)26(30-25(33)24-6-5-19-38-24)28(35)32-17-15-31(16-18-32)27(34)21-9-11-22(12-10-21)29(2,3)4/h5-14,19,26H,15-18H2,1-4H3,(H,30,33)/t26-/m0/s1. The Hall–Kier alpha value is -3.92. The molecular formula is C29H33N3O6S. The maximum atomic E-state index is 13.6. The molecule has 1 aliphatic heterocycles. The largest absolute Gasteiger partial charge is 0.459 e. The number of rotatable bonds is 6. The Morgan fingerprint density at radius 2 is 1.46 bits per heavy atom. The van der Waals surface area contributed by atoms with Crippen molar-refractivity contribution in [1.82, 2.24) is 15.1 Å². The van der Waals surface area contributed by atoms with Gasteiger partial charge in [-0.3, -0.25) is 14.4 Å². The van der Waals surface area contributed by atoms with Crippen molar-refractivity contribution in [2.45, 2.75) is 43.4 Å². The quantitative estimate of drug-likeness (QED) is 0.502. The molecule has 1 saturated heterocycles. The molecule has 3 aromatic rings. The minimum atomic E-state index is -4.29. The van der Waals surface area contributed by atoms with Crippen LogP contribution in [0.4, 0.5) is 0 Å². The van der Waals surface area contributed by atoms with E-state index in [9.17, 15) is 22.8 Å². The van der Waals surface area contributed by atoms with Crippen molar-refractivity contribution in [1.29, 1.82) is 0 Å². The molecule has 39 heavy (non-hydrogen) atoms. The van der Waals surface area contributed by atoms with Gasteiger partial charge in [0.15, 0.2) is 5.76 Å². The topological polar surface area (TPSA) is 117 Å². The lowest BCUT2D eigenvalue weighted by molar-refractivity contribution is -0.132. The van der Waals surface area contributed by atoms with Crippen LogP contribution in [0.1, 0.15) is 52.8 Å². The first-order valence-electron chi connectivity index (χ1n) is 12.7. The van der Waals surface area contributed by atoms with E-state index in [1.54, 1.807) is 29.2 Å². The van der Waals surface area contributed by atoms with Crippen LogP contribution < -0.4 is 5.32 Å². The van der Waals surface area contributed by atoms with Crippen LogP contribution in [0.2, 0.25) is 0 Å². The second-order valence-electron chi connectivity index (χ2n) is 10.6. The minimum Gasteiger partial charge on any atom is -0.459 e. The Morgan fingerprint density at radius 1 is 0.872 bits per heavy atom. The number of nitrogens with one attached hydrogen (secondary N) is 1. The van der Waals surface area contributed by atoms with Crippen LogP contribution in [-0.2, 0) is 20.0 Å². The smallest absolute Gasteiger partial charge is 0.288 e. The number of hydrogen-bond acceptors (Lipinski definition) is 6. The molecule has 0 radical (unpaired) electrons. The van der Waals surface area contributed by atoms with Crippen molar-refractivity contribution in [2.24, 2.45) is 0 Å². The third-order valence-electron chi connectivity index (χ3n) is 6.77. The van der Waals surface area contributed by atoms with E-state index in [-0.39, 0.29) is 48.2 Å². The molecule has 4 rings (SSSR count). The number of aryl methyl sites for hydroxylation is 1. The van der Waals surface area contributed by atoms with E-state index in [2.05, 4.69) is 26.1 Å². The molecule has 2 heterocycles. The molecule has 2 aromatic carbocycles. The molecule has 1 N–H and O–H groups in total. The second kappa shape index (κ2) is 11.1. The van der Waals surface area contributed by atoms with Gasteiger partial charge in [-0.1, -0.05) is 50.6 Å². The first-order chi connectivity index (χ1) is 18.4. The molecule has 10 heteroatoms. The van der Waals surface area contributed by atoms with Crippen molar-refractivity contribution >= 4 is 27.6 Å². The van der Waals surface area contributed by atoms with Gasteiger partial charge in [-0.25, -0.2) is 8.42 Å². The Kier molecular flexibility index (Phi) is 7.96. The summed E-state index contributed by atoms with van der Waals surface area (Å²) in [7, 11) is -4.29. The average molecular weight is 552 g/mol. The van der Waals surface area contributed by atoms with Crippen molar-refractivity contribution in [2.75, 3.05) is 26.2 Å². The van der Waals surface area contributed by atoms with Crippen molar-refractivity contribution in [3.05, 3.63) is 89.4 Å². The number of piperazine rings is 1. The molecule has 0 unspecified atom stereocenters. The number of sulfone groups is 1. The van der Waals surface area contributed by atoms with Gasteiger partial charge < -0.3 is 19.5 Å². The van der Waals surface area contributed by atoms with E-state index in [0.717, 1.165) is 11.1 Å². The van der Waals surface area contributed by atoms with Crippen LogP contribution in [0.3, 0.4) is 0 Å². The summed E-state index contributed by atoms with van der Waals surface area (Å²) in [6.45, 7) is 8.83. The van der Waals surface area contributed by atoms with E-state index >= 15 is 0 Å². The number of benzene rings is 2. The first-order valence-corrected chi connectivity index (χ1v) is 14.3. The maximum Gasteiger partial charge on any atom is 0.288 e. The molecule has 0 bridgehead atoms. The van der Waals surface area contributed by atoms with Crippen molar-refractivity contribution in [3.8, 4) is 0 Å². The van der Waals surface area contributed by atoms with Gasteiger partial charge in [0.2, 0.25) is 15.2 Å². The summed E-state index contributed by atoms with van der Waals surface area (Å²) < 4.78 is 32.1. The van der Waals surface area contributed by atoms with Crippen LogP contribution in [0.5, 0.6) is 0 Å². The number of carbonyl (C=O) groups excluding carboxylic acids is 3. The zero-order valence-corrected chi connectivity index (χ0v) is 23.3. The Labute approximate surface area is 228 Å². The van der Waals surface area contributed by atoms with Gasteiger partial charge in [0.1, 0.15) is 0 Å². The van der Waals surface area contributed by atoms with Crippen LogP contribution in [0.25, 0.3) is 0 Å². The molecule has 0 spiro atoms. The maximum absolute atomic E-state index is 13.6. The molecule has 1 atom stereocenters. The molecular weight excluding hydrogens is 518 g/mol. The minimum absolute atomic E-state index is 0.0324. The summed E-state index contributed by atoms with van der Waals surface area (Å²) in [5, 5.41) is 0.498. The van der Waals surface area contributed by atoms with E-state index in [0.29, 0.717) is 5.56 Å². The predicted octanol–water partition coefficient (Wildman–Crippen LogP) is 3.40. The zero-order chi connectivity index (χ0) is 28.4. The summed E-state index contributed by atoms with van der Waals surface area (Å²) >= 11 is 0. The summed E-state index contributed by atoms with van der Waals surface area (Å²) in [4.78, 5) is 42.3. The lowest BCUT2D eigenvalue weighted by atomic mass is 9.86. The summed E-state index contributed by atoms with van der Waals surface area (Å²) in [6, 6.07) is 16.4. The highest BCUT2D eigenvalue weighted by Crippen LogP contribution is 2.23. The van der Waals surface area contributed by atoms with Crippen LogP contribution in [0, 0.1) is 6.92 Å². The number of carbonyl (C=O) groups is 3. The Bertz CT molecular complexity index is 1430. The average Bonchev–Trinajstić information content (AvgIpc) is 3.46. The van der Waals surface area contributed by atoms with Gasteiger partial charge in [-0.2, -0.15) is 0 Å². The number of hydrogen-bond donors (Lipinski definition) is 1. The number of nitrogens with zero attached hydrogens (tertiary/aromatic N) is 2. The van der Waals surface area contributed by atoms with Gasteiger partial charge >= 0.3 is 0 Å². The SMILES string of the molecule is Cc1ccc(S(=O)(=O)[C@H](NC(=O)c2ccco2)C(=O)N2CCN(C(=O)c3ccc(C(C)(C)C)cc3)CC2)cc1. The molecule has 0 aliphatic carbocycles. The molecule has 206 valence electrons. The predicted molar refractivity (Wildman–Crippen MR) is 146 cm³/mol. The lowest BCUT2D eigenvalue weighted by Gasteiger charge is -2.36. The fourth-order valence-electron chi connectivity index (χ4n) is 4.33. The fraction of sp³-hybridized carbons (Fsp3) is 0.345. The van der Waals surface area contributed by atoms with Gasteiger partial charge in [-0.15, -0.1) is 0 Å². The Morgan fingerprint density at radius 3 is 2.00 bits per heavy atom. The summed E-state index contributed by atoms with van der Waals surface area (Å²) in [5.74, 6) is -1.85. The highest BCUT2D eigenvalue weighted by Gasteiger charge is 2.40. The number of furan rings is 1. The van der Waals surface area contributed by atoms with E-state index in [1.165, 1.54) is 35.4 Å². The molecule has 1 aliphatic rings. The molecule has 0 saturated carbocycles. The lowest BCUT2D eigenvalue weighted by Crippen LogP contribution is -2.57.